The Morgan fingerprint density at radius 2 is 1.82 bits per heavy atom. The molecular formula is C21H26N2O4S. The van der Waals surface area contributed by atoms with Crippen molar-refractivity contribution in [3.63, 3.8) is 0 Å². The van der Waals surface area contributed by atoms with E-state index in [0.29, 0.717) is 18.2 Å². The van der Waals surface area contributed by atoms with Gasteiger partial charge in [-0.1, -0.05) is 12.1 Å². The number of amides is 1. The number of ether oxygens (including phenoxy) is 1. The molecule has 1 saturated carbocycles. The third kappa shape index (κ3) is 5.56. The second-order valence-electron chi connectivity index (χ2n) is 7.16. The van der Waals surface area contributed by atoms with Crippen molar-refractivity contribution in [1.82, 2.24) is 4.72 Å². The highest BCUT2D eigenvalue weighted by Crippen LogP contribution is 2.28. The molecule has 2 N–H and O–H groups in total. The molecule has 150 valence electrons. The average molecular weight is 403 g/mol. The standard InChI is InChI=1S/C21H26N2O4S/c1-15-4-3-5-20(16(15)2)27-13-12-21(24)23-18-8-10-19(11-9-18)28(25,26)22-14-17-6-7-17/h3-5,8-11,17,22H,6-7,12-14H2,1-2H3,(H,23,24). The van der Waals surface area contributed by atoms with Crippen molar-refractivity contribution in [2.75, 3.05) is 18.5 Å². The second kappa shape index (κ2) is 8.75. The molecule has 0 saturated heterocycles. The van der Waals surface area contributed by atoms with Crippen LogP contribution in [0.25, 0.3) is 0 Å². The number of sulfonamides is 1. The van der Waals surface area contributed by atoms with Crippen molar-refractivity contribution in [2.45, 2.75) is 38.0 Å². The lowest BCUT2D eigenvalue weighted by Gasteiger charge is -2.11. The molecule has 2 aromatic carbocycles. The lowest BCUT2D eigenvalue weighted by atomic mass is 10.1. The third-order valence-corrected chi connectivity index (χ3v) is 6.29. The average Bonchev–Trinajstić information content (AvgIpc) is 3.49. The summed E-state index contributed by atoms with van der Waals surface area (Å²) in [5.74, 6) is 1.06. The van der Waals surface area contributed by atoms with Crippen LogP contribution < -0.4 is 14.8 Å². The first-order valence-corrected chi connectivity index (χ1v) is 10.9. The minimum absolute atomic E-state index is 0.187. The van der Waals surface area contributed by atoms with Gasteiger partial charge in [0.25, 0.3) is 0 Å². The summed E-state index contributed by atoms with van der Waals surface area (Å²) in [6.45, 7) is 4.76. The summed E-state index contributed by atoms with van der Waals surface area (Å²) in [5, 5.41) is 2.76. The number of anilines is 1. The summed E-state index contributed by atoms with van der Waals surface area (Å²) >= 11 is 0. The van der Waals surface area contributed by atoms with Crippen molar-refractivity contribution in [3.8, 4) is 5.75 Å². The number of rotatable bonds is 9. The molecule has 0 radical (unpaired) electrons. The molecular weight excluding hydrogens is 376 g/mol. The fourth-order valence-electron chi connectivity index (χ4n) is 2.71. The first-order chi connectivity index (χ1) is 13.3. The smallest absolute Gasteiger partial charge is 0.240 e. The number of aryl methyl sites for hydroxylation is 1. The van der Waals surface area contributed by atoms with Crippen LogP contribution in [0.2, 0.25) is 0 Å². The first-order valence-electron chi connectivity index (χ1n) is 9.44. The van der Waals surface area contributed by atoms with E-state index in [1.54, 1.807) is 12.1 Å². The van der Waals surface area contributed by atoms with Gasteiger partial charge in [-0.2, -0.15) is 0 Å². The zero-order valence-corrected chi connectivity index (χ0v) is 17.0. The van der Waals surface area contributed by atoms with Crippen LogP contribution in [-0.4, -0.2) is 27.5 Å². The maximum absolute atomic E-state index is 12.2. The largest absolute Gasteiger partial charge is 0.493 e. The van der Waals surface area contributed by atoms with Crippen LogP contribution in [0.15, 0.2) is 47.4 Å². The molecule has 0 aliphatic heterocycles. The van der Waals surface area contributed by atoms with Gasteiger partial charge in [-0.3, -0.25) is 4.79 Å². The Labute approximate surface area is 166 Å². The topological polar surface area (TPSA) is 84.5 Å². The molecule has 3 rings (SSSR count). The summed E-state index contributed by atoms with van der Waals surface area (Å²) in [4.78, 5) is 12.3. The maximum atomic E-state index is 12.2. The van der Waals surface area contributed by atoms with Crippen LogP contribution in [0.3, 0.4) is 0 Å². The van der Waals surface area contributed by atoms with Crippen molar-refractivity contribution in [3.05, 3.63) is 53.6 Å². The van der Waals surface area contributed by atoms with Gasteiger partial charge in [-0.05, 0) is 74.1 Å². The molecule has 1 aliphatic carbocycles. The van der Waals surface area contributed by atoms with E-state index in [1.165, 1.54) is 12.1 Å². The number of carbonyl (C=O) groups excluding carboxylic acids is 1. The molecule has 0 heterocycles. The Kier molecular flexibility index (Phi) is 6.36. The molecule has 0 bridgehead atoms. The molecule has 6 nitrogen and oxygen atoms in total. The number of benzene rings is 2. The highest BCUT2D eigenvalue weighted by atomic mass is 32.2. The Morgan fingerprint density at radius 1 is 1.11 bits per heavy atom. The van der Waals surface area contributed by atoms with E-state index < -0.39 is 10.0 Å². The number of nitrogens with one attached hydrogen (secondary N) is 2. The molecule has 1 fully saturated rings. The second-order valence-corrected chi connectivity index (χ2v) is 8.93. The van der Waals surface area contributed by atoms with Crippen LogP contribution >= 0.6 is 0 Å². The van der Waals surface area contributed by atoms with E-state index in [9.17, 15) is 13.2 Å². The van der Waals surface area contributed by atoms with Crippen LogP contribution in [0, 0.1) is 19.8 Å². The fraction of sp³-hybridized carbons (Fsp3) is 0.381. The lowest BCUT2D eigenvalue weighted by Crippen LogP contribution is -2.25. The minimum atomic E-state index is -3.50. The quantitative estimate of drug-likeness (QED) is 0.673. The normalized spacial score (nSPS) is 13.9. The van der Waals surface area contributed by atoms with Crippen LogP contribution in [0.1, 0.15) is 30.4 Å². The van der Waals surface area contributed by atoms with Crippen molar-refractivity contribution in [1.29, 1.82) is 0 Å². The van der Waals surface area contributed by atoms with Gasteiger partial charge < -0.3 is 10.1 Å². The zero-order chi connectivity index (χ0) is 20.1. The Morgan fingerprint density at radius 3 is 2.50 bits per heavy atom. The van der Waals surface area contributed by atoms with Gasteiger partial charge in [0, 0.05) is 12.2 Å². The predicted molar refractivity (Wildman–Crippen MR) is 109 cm³/mol. The van der Waals surface area contributed by atoms with Crippen molar-refractivity contribution < 1.29 is 17.9 Å². The number of hydrogen-bond acceptors (Lipinski definition) is 4. The molecule has 1 amide bonds. The SMILES string of the molecule is Cc1cccc(OCCC(=O)Nc2ccc(S(=O)(=O)NCC3CC3)cc2)c1C. The zero-order valence-electron chi connectivity index (χ0n) is 16.2. The van der Waals surface area contributed by atoms with Gasteiger partial charge in [-0.25, -0.2) is 13.1 Å². The highest BCUT2D eigenvalue weighted by Gasteiger charge is 2.24. The Balaban J connectivity index is 1.48. The summed E-state index contributed by atoms with van der Waals surface area (Å²) < 4.78 is 32.7. The molecule has 0 spiro atoms. The summed E-state index contributed by atoms with van der Waals surface area (Å²) in [6.07, 6.45) is 2.37. The van der Waals surface area contributed by atoms with Gasteiger partial charge >= 0.3 is 0 Å². The monoisotopic (exact) mass is 402 g/mol. The Bertz CT molecular complexity index is 935. The van der Waals surface area contributed by atoms with Gasteiger partial charge in [0.05, 0.1) is 17.9 Å². The summed E-state index contributed by atoms with van der Waals surface area (Å²) in [7, 11) is -3.50. The molecule has 1 aliphatic rings. The summed E-state index contributed by atoms with van der Waals surface area (Å²) in [6, 6.07) is 12.0. The fourth-order valence-corrected chi connectivity index (χ4v) is 3.82. The van der Waals surface area contributed by atoms with E-state index in [1.807, 2.05) is 32.0 Å². The molecule has 0 unspecified atom stereocenters. The highest BCUT2D eigenvalue weighted by molar-refractivity contribution is 7.89. The minimum Gasteiger partial charge on any atom is -0.493 e. The van der Waals surface area contributed by atoms with Gasteiger partial charge in [0.15, 0.2) is 0 Å². The third-order valence-electron chi connectivity index (χ3n) is 4.85. The molecule has 0 aromatic heterocycles. The van der Waals surface area contributed by atoms with Crippen molar-refractivity contribution >= 4 is 21.6 Å². The van der Waals surface area contributed by atoms with Gasteiger partial charge in [-0.15, -0.1) is 0 Å². The van der Waals surface area contributed by atoms with Crippen LogP contribution in [0.4, 0.5) is 5.69 Å². The maximum Gasteiger partial charge on any atom is 0.240 e. The van der Waals surface area contributed by atoms with E-state index in [2.05, 4.69) is 10.0 Å². The van der Waals surface area contributed by atoms with Gasteiger partial charge in [0.1, 0.15) is 5.75 Å². The van der Waals surface area contributed by atoms with Crippen molar-refractivity contribution in [2.24, 2.45) is 5.92 Å². The number of hydrogen-bond donors (Lipinski definition) is 2. The van der Waals surface area contributed by atoms with Crippen LogP contribution in [0.5, 0.6) is 5.75 Å². The lowest BCUT2D eigenvalue weighted by molar-refractivity contribution is -0.116. The van der Waals surface area contributed by atoms with E-state index in [-0.39, 0.29) is 23.8 Å². The van der Waals surface area contributed by atoms with E-state index >= 15 is 0 Å². The number of carbonyl (C=O) groups is 1. The molecule has 0 atom stereocenters. The first kappa shape index (κ1) is 20.4. The van der Waals surface area contributed by atoms with E-state index in [4.69, 9.17) is 4.74 Å². The van der Waals surface area contributed by atoms with Gasteiger partial charge in [0.2, 0.25) is 15.9 Å². The van der Waals surface area contributed by atoms with E-state index in [0.717, 1.165) is 29.7 Å². The predicted octanol–water partition coefficient (Wildman–Crippen LogP) is 3.40. The Hall–Kier alpha value is -2.38. The molecule has 28 heavy (non-hydrogen) atoms. The molecule has 2 aromatic rings. The van der Waals surface area contributed by atoms with Crippen LogP contribution in [-0.2, 0) is 14.8 Å². The molecule has 7 heteroatoms. The summed E-state index contributed by atoms with van der Waals surface area (Å²) in [5.41, 5.74) is 2.76.